The molecule has 114 valence electrons. The lowest BCUT2D eigenvalue weighted by molar-refractivity contribution is 0.256. The first-order chi connectivity index (χ1) is 9.50. The first-order valence-corrected chi connectivity index (χ1v) is 8.87. The Bertz CT molecular complexity index is 398. The Balaban J connectivity index is 2.19. The van der Waals surface area contributed by atoms with Gasteiger partial charge in [-0.2, -0.15) is 0 Å². The minimum absolute atomic E-state index is 0.469. The van der Waals surface area contributed by atoms with Crippen LogP contribution in [0, 0.1) is 17.3 Å². The fourth-order valence-corrected chi connectivity index (χ4v) is 4.46. The van der Waals surface area contributed by atoms with Gasteiger partial charge in [-0.25, -0.2) is 0 Å². The molecule has 0 saturated heterocycles. The van der Waals surface area contributed by atoms with Crippen molar-refractivity contribution in [3.8, 4) is 0 Å². The molecule has 2 aliphatic carbocycles. The van der Waals surface area contributed by atoms with E-state index in [9.17, 15) is 0 Å². The minimum atomic E-state index is 0.469. The van der Waals surface area contributed by atoms with Crippen LogP contribution >= 0.6 is 0 Å². The number of hydrogen-bond acceptors (Lipinski definition) is 0. The second-order valence-corrected chi connectivity index (χ2v) is 7.64. The summed E-state index contributed by atoms with van der Waals surface area (Å²) in [6, 6.07) is 0. The summed E-state index contributed by atoms with van der Waals surface area (Å²) < 4.78 is 0. The van der Waals surface area contributed by atoms with E-state index >= 15 is 0 Å². The van der Waals surface area contributed by atoms with Crippen LogP contribution in [0.5, 0.6) is 0 Å². The fourth-order valence-electron chi connectivity index (χ4n) is 4.46. The maximum atomic E-state index is 2.55. The first-order valence-electron chi connectivity index (χ1n) is 8.87. The van der Waals surface area contributed by atoms with Gasteiger partial charge in [-0.15, -0.1) is 0 Å². The average molecular weight is 274 g/mol. The van der Waals surface area contributed by atoms with Crippen molar-refractivity contribution in [3.63, 3.8) is 0 Å². The third kappa shape index (κ3) is 3.21. The molecule has 0 spiro atoms. The largest absolute Gasteiger partial charge is 0.0853 e. The Kier molecular flexibility index (Phi) is 5.15. The summed E-state index contributed by atoms with van der Waals surface area (Å²) in [6.07, 6.45) is 13.2. The molecule has 0 aromatic rings. The molecule has 2 aliphatic rings. The van der Waals surface area contributed by atoms with Crippen LogP contribution in [0.15, 0.2) is 22.8 Å². The van der Waals surface area contributed by atoms with Crippen molar-refractivity contribution in [3.05, 3.63) is 22.8 Å². The highest BCUT2D eigenvalue weighted by Gasteiger charge is 2.36. The second-order valence-electron chi connectivity index (χ2n) is 7.64. The number of allylic oxidation sites excluding steroid dienone is 4. The lowest BCUT2D eigenvalue weighted by atomic mass is 9.63. The van der Waals surface area contributed by atoms with E-state index < -0.39 is 0 Å². The Labute approximate surface area is 126 Å². The first kappa shape index (κ1) is 15.9. The van der Waals surface area contributed by atoms with Crippen molar-refractivity contribution < 1.29 is 0 Å². The minimum Gasteiger partial charge on any atom is -0.0853 e. The zero-order valence-electron chi connectivity index (χ0n) is 14.4. The summed E-state index contributed by atoms with van der Waals surface area (Å²) in [5.41, 5.74) is 5.73. The molecule has 0 aliphatic heterocycles. The normalized spacial score (nSPS) is 33.0. The maximum Gasteiger partial charge on any atom is -0.00737 e. The molecule has 2 rings (SSSR count). The predicted octanol–water partition coefficient (Wildman–Crippen LogP) is 6.68. The van der Waals surface area contributed by atoms with E-state index in [1.54, 1.807) is 11.1 Å². The topological polar surface area (TPSA) is 0 Å². The maximum absolute atomic E-state index is 2.55. The standard InChI is InChI=1S/C20H34/c1-6-15(3)18-11-10-16(4)19(13-18)20(5)12-8-9-17(7-2)14-20/h9,15,18H,6-8,10-14H2,1-5H3. The van der Waals surface area contributed by atoms with Gasteiger partial charge < -0.3 is 0 Å². The second kappa shape index (κ2) is 6.50. The third-order valence-electron chi connectivity index (χ3n) is 6.25. The van der Waals surface area contributed by atoms with Crippen LogP contribution in [0.3, 0.4) is 0 Å². The summed E-state index contributed by atoms with van der Waals surface area (Å²) >= 11 is 0. The van der Waals surface area contributed by atoms with Gasteiger partial charge >= 0.3 is 0 Å². The summed E-state index contributed by atoms with van der Waals surface area (Å²) in [6.45, 7) is 12.1. The highest BCUT2D eigenvalue weighted by Crippen LogP contribution is 2.50. The molecule has 0 heteroatoms. The van der Waals surface area contributed by atoms with E-state index in [0.717, 1.165) is 11.8 Å². The van der Waals surface area contributed by atoms with Crippen molar-refractivity contribution in [2.45, 2.75) is 86.0 Å². The van der Waals surface area contributed by atoms with Crippen LogP contribution in [-0.2, 0) is 0 Å². The van der Waals surface area contributed by atoms with Crippen LogP contribution in [0.1, 0.15) is 86.0 Å². The van der Waals surface area contributed by atoms with Crippen molar-refractivity contribution >= 4 is 0 Å². The van der Waals surface area contributed by atoms with Crippen molar-refractivity contribution in [1.82, 2.24) is 0 Å². The lowest BCUT2D eigenvalue weighted by Crippen LogP contribution is -2.29. The van der Waals surface area contributed by atoms with Gasteiger partial charge in [0.2, 0.25) is 0 Å². The molecule has 0 aromatic carbocycles. The molecule has 0 N–H and O–H groups in total. The Morgan fingerprint density at radius 2 is 2.10 bits per heavy atom. The molecule has 0 heterocycles. The molecule has 20 heavy (non-hydrogen) atoms. The van der Waals surface area contributed by atoms with Crippen LogP contribution in [0.2, 0.25) is 0 Å². The van der Waals surface area contributed by atoms with Gasteiger partial charge in [-0.3, -0.25) is 0 Å². The van der Waals surface area contributed by atoms with Gasteiger partial charge in [0, 0.05) is 0 Å². The zero-order chi connectivity index (χ0) is 14.8. The smallest absolute Gasteiger partial charge is 0.00737 e. The Morgan fingerprint density at radius 1 is 1.35 bits per heavy atom. The van der Waals surface area contributed by atoms with Gasteiger partial charge in [0.15, 0.2) is 0 Å². The highest BCUT2D eigenvalue weighted by molar-refractivity contribution is 5.28. The van der Waals surface area contributed by atoms with E-state index in [2.05, 4.69) is 40.7 Å². The average Bonchev–Trinajstić information content (AvgIpc) is 2.46. The highest BCUT2D eigenvalue weighted by atomic mass is 14.4. The molecule has 0 aromatic heterocycles. The molecule has 0 saturated carbocycles. The van der Waals surface area contributed by atoms with Gasteiger partial charge in [-0.1, -0.05) is 56.9 Å². The summed E-state index contributed by atoms with van der Waals surface area (Å²) in [4.78, 5) is 0. The SMILES string of the molecule is CCC1=CCCC(C)(C2=C(C)CCC(C(C)CC)C2)C1. The zero-order valence-corrected chi connectivity index (χ0v) is 14.4. The van der Waals surface area contributed by atoms with E-state index in [-0.39, 0.29) is 0 Å². The van der Waals surface area contributed by atoms with Crippen LogP contribution in [0.4, 0.5) is 0 Å². The summed E-state index contributed by atoms with van der Waals surface area (Å²) in [5.74, 6) is 1.83. The van der Waals surface area contributed by atoms with Crippen molar-refractivity contribution in [2.75, 3.05) is 0 Å². The monoisotopic (exact) mass is 274 g/mol. The molecule has 3 unspecified atom stereocenters. The molecule has 0 radical (unpaired) electrons. The lowest BCUT2D eigenvalue weighted by Gasteiger charge is -2.42. The molecule has 0 bridgehead atoms. The quantitative estimate of drug-likeness (QED) is 0.502. The molecule has 0 fully saturated rings. The van der Waals surface area contributed by atoms with E-state index in [4.69, 9.17) is 0 Å². The Hall–Kier alpha value is -0.520. The summed E-state index contributed by atoms with van der Waals surface area (Å²) in [7, 11) is 0. The van der Waals surface area contributed by atoms with Crippen LogP contribution in [0.25, 0.3) is 0 Å². The Morgan fingerprint density at radius 3 is 2.75 bits per heavy atom. The third-order valence-corrected chi connectivity index (χ3v) is 6.25. The number of rotatable bonds is 4. The molecule has 3 atom stereocenters. The van der Waals surface area contributed by atoms with Gasteiger partial charge in [0.1, 0.15) is 0 Å². The van der Waals surface area contributed by atoms with Crippen molar-refractivity contribution in [1.29, 1.82) is 0 Å². The summed E-state index contributed by atoms with van der Waals surface area (Å²) in [5, 5.41) is 0. The van der Waals surface area contributed by atoms with E-state index in [1.807, 2.05) is 5.57 Å². The number of hydrogen-bond donors (Lipinski definition) is 0. The molecular weight excluding hydrogens is 240 g/mol. The van der Waals surface area contributed by atoms with Gasteiger partial charge in [-0.05, 0) is 69.1 Å². The fraction of sp³-hybridized carbons (Fsp3) is 0.800. The predicted molar refractivity (Wildman–Crippen MR) is 89.8 cm³/mol. The molecule has 0 nitrogen and oxygen atoms in total. The van der Waals surface area contributed by atoms with Gasteiger partial charge in [0.25, 0.3) is 0 Å². The van der Waals surface area contributed by atoms with Crippen LogP contribution in [-0.4, -0.2) is 0 Å². The molecular formula is C20H34. The van der Waals surface area contributed by atoms with Crippen molar-refractivity contribution in [2.24, 2.45) is 17.3 Å². The van der Waals surface area contributed by atoms with Gasteiger partial charge in [0.05, 0.1) is 0 Å². The van der Waals surface area contributed by atoms with E-state index in [0.29, 0.717) is 5.41 Å². The molecule has 0 amide bonds. The van der Waals surface area contributed by atoms with Crippen LogP contribution < -0.4 is 0 Å². The van der Waals surface area contributed by atoms with E-state index in [1.165, 1.54) is 51.4 Å².